The molecule has 78 valence electrons. The summed E-state index contributed by atoms with van der Waals surface area (Å²) >= 11 is 3.39. The molecule has 0 aliphatic carbocycles. The number of halogens is 1. The van der Waals surface area contributed by atoms with Crippen molar-refractivity contribution in [1.29, 1.82) is 0 Å². The van der Waals surface area contributed by atoms with E-state index in [1.165, 1.54) is 0 Å². The average Bonchev–Trinajstić information content (AvgIpc) is 2.16. The standard InChI is InChI=1S/C10H14BrNO2/c1-7(12)6-14-10-5-8(13-2)3-4-9(10)11/h3-5,7H,6,12H2,1-2H3. The number of methoxy groups -OCH3 is 1. The zero-order chi connectivity index (χ0) is 10.6. The molecule has 0 amide bonds. The first-order valence-corrected chi connectivity index (χ1v) is 5.14. The van der Waals surface area contributed by atoms with Crippen molar-refractivity contribution in [3.8, 4) is 11.5 Å². The van der Waals surface area contributed by atoms with E-state index >= 15 is 0 Å². The van der Waals surface area contributed by atoms with Gasteiger partial charge in [0.2, 0.25) is 0 Å². The van der Waals surface area contributed by atoms with Gasteiger partial charge in [-0.25, -0.2) is 0 Å². The Bertz CT molecular complexity index is 302. The summed E-state index contributed by atoms with van der Waals surface area (Å²) in [6, 6.07) is 5.60. The lowest BCUT2D eigenvalue weighted by molar-refractivity contribution is 0.292. The van der Waals surface area contributed by atoms with E-state index < -0.39 is 0 Å². The highest BCUT2D eigenvalue weighted by molar-refractivity contribution is 9.10. The van der Waals surface area contributed by atoms with Crippen LogP contribution in [0.1, 0.15) is 6.92 Å². The van der Waals surface area contributed by atoms with Gasteiger partial charge in [0.1, 0.15) is 18.1 Å². The van der Waals surface area contributed by atoms with Gasteiger partial charge in [-0.2, -0.15) is 0 Å². The highest BCUT2D eigenvalue weighted by atomic mass is 79.9. The highest BCUT2D eigenvalue weighted by Crippen LogP contribution is 2.29. The molecule has 14 heavy (non-hydrogen) atoms. The number of hydrogen-bond acceptors (Lipinski definition) is 3. The second kappa shape index (κ2) is 5.22. The molecule has 0 fully saturated rings. The normalized spacial score (nSPS) is 12.3. The van der Waals surface area contributed by atoms with Crippen LogP contribution in [0.15, 0.2) is 22.7 Å². The van der Waals surface area contributed by atoms with Crippen molar-refractivity contribution in [3.05, 3.63) is 22.7 Å². The fraction of sp³-hybridized carbons (Fsp3) is 0.400. The lowest BCUT2D eigenvalue weighted by atomic mass is 10.3. The molecule has 0 spiro atoms. The fourth-order valence-electron chi connectivity index (χ4n) is 0.942. The molecule has 1 atom stereocenters. The Balaban J connectivity index is 2.73. The van der Waals surface area contributed by atoms with E-state index in [1.54, 1.807) is 7.11 Å². The van der Waals surface area contributed by atoms with Crippen molar-refractivity contribution >= 4 is 15.9 Å². The molecular weight excluding hydrogens is 246 g/mol. The van der Waals surface area contributed by atoms with E-state index in [9.17, 15) is 0 Å². The Morgan fingerprint density at radius 2 is 2.21 bits per heavy atom. The molecule has 0 heterocycles. The molecular formula is C10H14BrNO2. The summed E-state index contributed by atoms with van der Waals surface area (Å²) in [4.78, 5) is 0. The highest BCUT2D eigenvalue weighted by Gasteiger charge is 2.04. The monoisotopic (exact) mass is 259 g/mol. The van der Waals surface area contributed by atoms with Crippen molar-refractivity contribution in [2.45, 2.75) is 13.0 Å². The number of hydrogen-bond donors (Lipinski definition) is 1. The van der Waals surface area contributed by atoms with E-state index in [0.29, 0.717) is 6.61 Å². The topological polar surface area (TPSA) is 44.5 Å². The van der Waals surface area contributed by atoms with Gasteiger partial charge in [0.15, 0.2) is 0 Å². The van der Waals surface area contributed by atoms with Crippen LogP contribution in [0.3, 0.4) is 0 Å². The van der Waals surface area contributed by atoms with E-state index in [-0.39, 0.29) is 6.04 Å². The smallest absolute Gasteiger partial charge is 0.137 e. The van der Waals surface area contributed by atoms with Crippen LogP contribution in [-0.2, 0) is 0 Å². The molecule has 0 saturated carbocycles. The third-order valence-corrected chi connectivity index (χ3v) is 2.30. The van der Waals surface area contributed by atoms with Gasteiger partial charge in [0.25, 0.3) is 0 Å². The van der Waals surface area contributed by atoms with Crippen molar-refractivity contribution in [2.24, 2.45) is 5.73 Å². The number of benzene rings is 1. The average molecular weight is 260 g/mol. The van der Waals surface area contributed by atoms with Gasteiger partial charge in [-0.15, -0.1) is 0 Å². The Labute approximate surface area is 92.3 Å². The Morgan fingerprint density at radius 3 is 2.79 bits per heavy atom. The third-order valence-electron chi connectivity index (χ3n) is 1.64. The largest absolute Gasteiger partial charge is 0.497 e. The predicted octanol–water partition coefficient (Wildman–Crippen LogP) is 2.18. The van der Waals surface area contributed by atoms with Crippen molar-refractivity contribution in [1.82, 2.24) is 0 Å². The summed E-state index contributed by atoms with van der Waals surface area (Å²) in [5.41, 5.74) is 5.59. The Hall–Kier alpha value is -0.740. The van der Waals surface area contributed by atoms with E-state index in [4.69, 9.17) is 15.2 Å². The van der Waals surface area contributed by atoms with Crippen LogP contribution in [0.5, 0.6) is 11.5 Å². The Morgan fingerprint density at radius 1 is 1.50 bits per heavy atom. The molecule has 0 bridgehead atoms. The van der Waals surface area contributed by atoms with E-state index in [1.807, 2.05) is 25.1 Å². The molecule has 1 aromatic rings. The van der Waals surface area contributed by atoms with Crippen LogP contribution in [0.25, 0.3) is 0 Å². The van der Waals surface area contributed by atoms with Crippen LogP contribution >= 0.6 is 15.9 Å². The molecule has 0 aromatic heterocycles. The molecule has 0 saturated heterocycles. The van der Waals surface area contributed by atoms with E-state index in [0.717, 1.165) is 16.0 Å². The number of nitrogens with two attached hydrogens (primary N) is 1. The van der Waals surface area contributed by atoms with E-state index in [2.05, 4.69) is 15.9 Å². The Kier molecular flexibility index (Phi) is 4.22. The van der Waals surface area contributed by atoms with Gasteiger partial charge in [0, 0.05) is 12.1 Å². The quantitative estimate of drug-likeness (QED) is 0.902. The second-order valence-corrected chi connectivity index (χ2v) is 3.94. The molecule has 1 aromatic carbocycles. The zero-order valence-corrected chi connectivity index (χ0v) is 9.87. The van der Waals surface area contributed by atoms with Gasteiger partial charge in [-0.05, 0) is 35.0 Å². The minimum atomic E-state index is 0.0214. The van der Waals surface area contributed by atoms with Crippen LogP contribution in [-0.4, -0.2) is 19.8 Å². The predicted molar refractivity (Wildman–Crippen MR) is 59.8 cm³/mol. The molecule has 0 aliphatic rings. The maximum absolute atomic E-state index is 5.59. The van der Waals surface area contributed by atoms with Gasteiger partial charge < -0.3 is 15.2 Å². The summed E-state index contributed by atoms with van der Waals surface area (Å²) in [6.45, 7) is 2.39. The molecule has 3 nitrogen and oxygen atoms in total. The lowest BCUT2D eigenvalue weighted by Gasteiger charge is -2.11. The summed E-state index contributed by atoms with van der Waals surface area (Å²) in [5, 5.41) is 0. The maximum atomic E-state index is 5.59. The first kappa shape index (κ1) is 11.3. The van der Waals surface area contributed by atoms with Crippen molar-refractivity contribution in [2.75, 3.05) is 13.7 Å². The zero-order valence-electron chi connectivity index (χ0n) is 8.29. The van der Waals surface area contributed by atoms with Crippen LogP contribution in [0, 0.1) is 0 Å². The summed E-state index contributed by atoms with van der Waals surface area (Å²) in [5.74, 6) is 1.52. The lowest BCUT2D eigenvalue weighted by Crippen LogP contribution is -2.23. The van der Waals surface area contributed by atoms with Crippen molar-refractivity contribution < 1.29 is 9.47 Å². The van der Waals surface area contributed by atoms with Crippen molar-refractivity contribution in [3.63, 3.8) is 0 Å². The second-order valence-electron chi connectivity index (χ2n) is 3.08. The molecule has 1 rings (SSSR count). The number of ether oxygens (including phenoxy) is 2. The fourth-order valence-corrected chi connectivity index (χ4v) is 1.30. The van der Waals surface area contributed by atoms with Gasteiger partial charge in [-0.3, -0.25) is 0 Å². The minimum absolute atomic E-state index is 0.0214. The van der Waals surface area contributed by atoms with Crippen LogP contribution < -0.4 is 15.2 Å². The summed E-state index contributed by atoms with van der Waals surface area (Å²) in [7, 11) is 1.62. The first-order chi connectivity index (χ1) is 6.63. The molecule has 4 heteroatoms. The molecule has 0 aliphatic heterocycles. The molecule has 2 N–H and O–H groups in total. The summed E-state index contributed by atoms with van der Waals surface area (Å²) < 4.78 is 11.5. The third kappa shape index (κ3) is 3.20. The molecule has 1 unspecified atom stereocenters. The maximum Gasteiger partial charge on any atom is 0.137 e. The molecule has 0 radical (unpaired) electrons. The summed E-state index contributed by atoms with van der Waals surface area (Å²) in [6.07, 6.45) is 0. The SMILES string of the molecule is COc1ccc(Br)c(OCC(C)N)c1. The minimum Gasteiger partial charge on any atom is -0.497 e. The van der Waals surface area contributed by atoms with Gasteiger partial charge in [-0.1, -0.05) is 0 Å². The first-order valence-electron chi connectivity index (χ1n) is 4.35. The number of rotatable bonds is 4. The van der Waals surface area contributed by atoms with Gasteiger partial charge >= 0.3 is 0 Å². The van der Waals surface area contributed by atoms with Gasteiger partial charge in [0.05, 0.1) is 11.6 Å². The van der Waals surface area contributed by atoms with Crippen LogP contribution in [0.4, 0.5) is 0 Å². The van der Waals surface area contributed by atoms with Crippen LogP contribution in [0.2, 0.25) is 0 Å².